The van der Waals surface area contributed by atoms with Gasteiger partial charge in [-0.2, -0.15) is 0 Å². The third-order valence-electron chi connectivity index (χ3n) is 1.15. The van der Waals surface area contributed by atoms with E-state index >= 15 is 0 Å². The number of hydrogen-bond acceptors (Lipinski definition) is 2. The van der Waals surface area contributed by atoms with Gasteiger partial charge in [-0.15, -0.1) is 0 Å². The predicted octanol–water partition coefficient (Wildman–Crippen LogP) is -3.33. The molecule has 68 valence electrons. The highest BCUT2D eigenvalue weighted by molar-refractivity contribution is 7.95. The van der Waals surface area contributed by atoms with Crippen molar-refractivity contribution in [3.05, 3.63) is 0 Å². The average molecular weight is 200 g/mol. The number of nitrogens with two attached hydrogens (primary N) is 1. The highest BCUT2D eigenvalue weighted by atomic mass is 35.5. The SMILES string of the molecule is C[S+](C)CC[C@@H](N)C(=O)O.[Cl-]. The maximum atomic E-state index is 10.2. The lowest BCUT2D eigenvalue weighted by molar-refractivity contribution is -0.138. The summed E-state index contributed by atoms with van der Waals surface area (Å²) in [4.78, 5) is 10.2. The second kappa shape index (κ2) is 6.76. The molecular weight excluding hydrogens is 186 g/mol. The van der Waals surface area contributed by atoms with E-state index in [9.17, 15) is 4.79 Å². The molecule has 0 heterocycles. The largest absolute Gasteiger partial charge is 1.00 e. The molecule has 0 saturated heterocycles. The molecule has 0 unspecified atom stereocenters. The molecule has 0 rings (SSSR count). The van der Waals surface area contributed by atoms with E-state index in [4.69, 9.17) is 10.8 Å². The van der Waals surface area contributed by atoms with Crippen molar-refractivity contribution in [2.45, 2.75) is 12.5 Å². The van der Waals surface area contributed by atoms with Gasteiger partial charge in [-0.3, -0.25) is 4.79 Å². The fraction of sp³-hybridized carbons (Fsp3) is 0.833. The molecule has 5 heteroatoms. The Morgan fingerprint density at radius 3 is 2.36 bits per heavy atom. The zero-order valence-corrected chi connectivity index (χ0v) is 8.28. The van der Waals surface area contributed by atoms with Gasteiger partial charge in [-0.05, 0) is 10.9 Å². The lowest BCUT2D eigenvalue weighted by Gasteiger charge is -2.02. The highest BCUT2D eigenvalue weighted by Gasteiger charge is 2.14. The third kappa shape index (κ3) is 7.97. The van der Waals surface area contributed by atoms with E-state index in [1.807, 2.05) is 0 Å². The molecule has 0 aliphatic heterocycles. The average Bonchev–Trinajstić information content (AvgIpc) is 1.82. The summed E-state index contributed by atoms with van der Waals surface area (Å²) in [6.07, 6.45) is 4.74. The van der Waals surface area contributed by atoms with Crippen molar-refractivity contribution in [3.8, 4) is 0 Å². The predicted molar refractivity (Wildman–Crippen MR) is 44.3 cm³/mol. The minimum Gasteiger partial charge on any atom is -1.00 e. The molecule has 0 aliphatic rings. The molecule has 0 aromatic rings. The van der Waals surface area contributed by atoms with Crippen LogP contribution in [0.15, 0.2) is 0 Å². The van der Waals surface area contributed by atoms with Crippen LogP contribution in [0.2, 0.25) is 0 Å². The summed E-state index contributed by atoms with van der Waals surface area (Å²) >= 11 is 0. The summed E-state index contributed by atoms with van der Waals surface area (Å²) in [7, 11) is 0.304. The van der Waals surface area contributed by atoms with E-state index in [0.29, 0.717) is 17.3 Å². The number of aliphatic carboxylic acids is 1. The fourth-order valence-electron chi connectivity index (χ4n) is 0.486. The van der Waals surface area contributed by atoms with Crippen LogP contribution in [0.25, 0.3) is 0 Å². The van der Waals surface area contributed by atoms with Crippen molar-refractivity contribution < 1.29 is 22.3 Å². The van der Waals surface area contributed by atoms with E-state index < -0.39 is 12.0 Å². The Hall–Kier alpha value is 0.0700. The van der Waals surface area contributed by atoms with Gasteiger partial charge in [0.25, 0.3) is 0 Å². The number of rotatable bonds is 4. The number of halogens is 1. The number of carboxylic acid groups (broad SMARTS) is 1. The molecule has 0 spiro atoms. The van der Waals surface area contributed by atoms with Crippen LogP contribution in [0.4, 0.5) is 0 Å². The fourth-order valence-corrected chi connectivity index (χ4v) is 1.21. The van der Waals surface area contributed by atoms with E-state index in [1.165, 1.54) is 0 Å². The molecule has 0 bridgehead atoms. The molecule has 0 saturated carbocycles. The summed E-state index contributed by atoms with van der Waals surface area (Å²) in [6.45, 7) is 0. The van der Waals surface area contributed by atoms with Crippen molar-refractivity contribution >= 4 is 16.9 Å². The van der Waals surface area contributed by atoms with Gasteiger partial charge < -0.3 is 23.2 Å². The van der Waals surface area contributed by atoms with E-state index in [-0.39, 0.29) is 12.4 Å². The third-order valence-corrected chi connectivity index (χ3v) is 2.21. The Labute approximate surface area is 76.1 Å². The molecular formula is C6H14ClNO2S. The molecule has 11 heavy (non-hydrogen) atoms. The summed E-state index contributed by atoms with van der Waals surface area (Å²) in [5.74, 6) is 0.0125. The topological polar surface area (TPSA) is 63.3 Å². The van der Waals surface area contributed by atoms with Crippen molar-refractivity contribution in [1.82, 2.24) is 0 Å². The molecule has 0 aliphatic carbocycles. The van der Waals surface area contributed by atoms with Crippen LogP contribution in [-0.2, 0) is 15.7 Å². The zero-order chi connectivity index (χ0) is 8.15. The molecule has 0 aromatic heterocycles. The Bertz CT molecular complexity index is 121. The van der Waals surface area contributed by atoms with Crippen LogP contribution in [0.5, 0.6) is 0 Å². The zero-order valence-electron chi connectivity index (χ0n) is 6.71. The molecule has 0 fully saturated rings. The molecule has 1 atom stereocenters. The molecule has 0 radical (unpaired) electrons. The summed E-state index contributed by atoms with van der Waals surface area (Å²) < 4.78 is 0. The smallest absolute Gasteiger partial charge is 0.320 e. The van der Waals surface area contributed by atoms with Crippen LogP contribution >= 0.6 is 0 Å². The van der Waals surface area contributed by atoms with Gasteiger partial charge >= 0.3 is 5.97 Å². The van der Waals surface area contributed by atoms with Crippen LogP contribution < -0.4 is 18.1 Å². The standard InChI is InChI=1S/C6H13NO2S.ClH/c1-10(2)4-3-5(7)6(8)9;/h5H,3-4,7H2,1-2H3;1H/t5-;/m1./s1. The second-order valence-electron chi connectivity index (χ2n) is 2.42. The monoisotopic (exact) mass is 199 g/mol. The van der Waals surface area contributed by atoms with Gasteiger partial charge in [0.15, 0.2) is 0 Å². The van der Waals surface area contributed by atoms with Crippen LogP contribution in [0.1, 0.15) is 6.42 Å². The number of carbonyl (C=O) groups is 1. The second-order valence-corrected chi connectivity index (χ2v) is 4.80. The first-order chi connectivity index (χ1) is 4.54. The van der Waals surface area contributed by atoms with E-state index in [0.717, 1.165) is 5.75 Å². The minimum atomic E-state index is -0.898. The lowest BCUT2D eigenvalue weighted by Crippen LogP contribution is -3.00. The number of carboxylic acids is 1. The van der Waals surface area contributed by atoms with Gasteiger partial charge in [0.05, 0.1) is 12.5 Å². The minimum absolute atomic E-state index is 0. The van der Waals surface area contributed by atoms with Crippen LogP contribution in [-0.4, -0.2) is 35.4 Å². The Morgan fingerprint density at radius 1 is 1.64 bits per heavy atom. The van der Waals surface area contributed by atoms with Crippen molar-refractivity contribution in [3.63, 3.8) is 0 Å². The quantitative estimate of drug-likeness (QED) is 0.466. The first kappa shape index (κ1) is 13.6. The Balaban J connectivity index is 0. The van der Waals surface area contributed by atoms with E-state index in [2.05, 4.69) is 12.5 Å². The van der Waals surface area contributed by atoms with Crippen molar-refractivity contribution in [2.75, 3.05) is 18.3 Å². The first-order valence-electron chi connectivity index (χ1n) is 3.06. The number of hydrogen-bond donors (Lipinski definition) is 2. The molecule has 0 aromatic carbocycles. The van der Waals surface area contributed by atoms with Crippen LogP contribution in [0.3, 0.4) is 0 Å². The van der Waals surface area contributed by atoms with E-state index in [1.54, 1.807) is 0 Å². The Morgan fingerprint density at radius 2 is 2.09 bits per heavy atom. The first-order valence-corrected chi connectivity index (χ1v) is 5.27. The van der Waals surface area contributed by atoms with Gasteiger partial charge in [0.1, 0.15) is 11.8 Å². The maximum Gasteiger partial charge on any atom is 0.320 e. The summed E-state index contributed by atoms with van der Waals surface area (Å²) in [5, 5.41) is 8.37. The van der Waals surface area contributed by atoms with Gasteiger partial charge in [-0.25, -0.2) is 0 Å². The molecule has 3 N–H and O–H groups in total. The van der Waals surface area contributed by atoms with Crippen molar-refractivity contribution in [2.24, 2.45) is 5.73 Å². The lowest BCUT2D eigenvalue weighted by atomic mass is 10.2. The van der Waals surface area contributed by atoms with Crippen LogP contribution in [0, 0.1) is 0 Å². The normalized spacial score (nSPS) is 12.4. The van der Waals surface area contributed by atoms with Gasteiger partial charge in [-0.1, -0.05) is 0 Å². The maximum absolute atomic E-state index is 10.2. The van der Waals surface area contributed by atoms with Gasteiger partial charge in [0.2, 0.25) is 0 Å². The van der Waals surface area contributed by atoms with Gasteiger partial charge in [0, 0.05) is 6.42 Å². The molecule has 3 nitrogen and oxygen atoms in total. The summed E-state index contributed by atoms with van der Waals surface area (Å²) in [5.41, 5.74) is 5.27. The molecule has 0 amide bonds. The Kier molecular flexibility index (Phi) is 8.39. The summed E-state index contributed by atoms with van der Waals surface area (Å²) in [6, 6.07) is -0.671. The van der Waals surface area contributed by atoms with Crippen molar-refractivity contribution in [1.29, 1.82) is 0 Å². The highest BCUT2D eigenvalue weighted by Crippen LogP contribution is 1.93.